The number of nitrogens with one attached hydrogen (secondary N) is 2. The van der Waals surface area contributed by atoms with E-state index in [0.29, 0.717) is 18.0 Å². The molecule has 0 aliphatic heterocycles. The molecule has 0 radical (unpaired) electrons. The van der Waals surface area contributed by atoms with Crippen LogP contribution in [0.5, 0.6) is 0 Å². The van der Waals surface area contributed by atoms with Crippen LogP contribution in [0.3, 0.4) is 0 Å². The summed E-state index contributed by atoms with van der Waals surface area (Å²) in [5.41, 5.74) is 1.51. The zero-order valence-electron chi connectivity index (χ0n) is 14.9. The third-order valence-electron chi connectivity index (χ3n) is 3.98. The lowest BCUT2D eigenvalue weighted by Gasteiger charge is -2.19. The highest BCUT2D eigenvalue weighted by atomic mass is 16.2. The first-order valence-electron chi connectivity index (χ1n) is 8.74. The molecule has 2 aromatic rings. The van der Waals surface area contributed by atoms with E-state index in [1.807, 2.05) is 48.5 Å². The molecule has 0 saturated heterocycles. The molecule has 4 nitrogen and oxygen atoms in total. The summed E-state index contributed by atoms with van der Waals surface area (Å²) in [7, 11) is 0. The predicted molar refractivity (Wildman–Crippen MR) is 100 cm³/mol. The summed E-state index contributed by atoms with van der Waals surface area (Å²) >= 11 is 0. The van der Waals surface area contributed by atoms with Crippen molar-refractivity contribution in [3.63, 3.8) is 0 Å². The first kappa shape index (κ1) is 18.7. The third-order valence-corrected chi connectivity index (χ3v) is 3.98. The molecule has 4 heteroatoms. The van der Waals surface area contributed by atoms with Crippen LogP contribution >= 0.6 is 0 Å². The molecule has 0 saturated carbocycles. The SMILES string of the molecule is CC(C)CCNC(=O)C[C@@H](NC(=O)c1ccccc1)c1ccccc1. The highest BCUT2D eigenvalue weighted by Crippen LogP contribution is 2.17. The molecule has 2 amide bonds. The number of hydrogen-bond donors (Lipinski definition) is 2. The average molecular weight is 338 g/mol. The minimum atomic E-state index is -0.354. The van der Waals surface area contributed by atoms with Crippen molar-refractivity contribution >= 4 is 11.8 Å². The maximum absolute atomic E-state index is 12.5. The molecule has 1 atom stereocenters. The van der Waals surface area contributed by atoms with Crippen LogP contribution in [-0.4, -0.2) is 18.4 Å². The molecule has 132 valence electrons. The quantitative estimate of drug-likeness (QED) is 0.771. The summed E-state index contributed by atoms with van der Waals surface area (Å²) < 4.78 is 0. The van der Waals surface area contributed by atoms with E-state index in [1.165, 1.54) is 0 Å². The number of rotatable bonds is 8. The molecule has 0 aliphatic carbocycles. The molecule has 0 unspecified atom stereocenters. The fourth-order valence-corrected chi connectivity index (χ4v) is 2.53. The largest absolute Gasteiger partial charge is 0.356 e. The van der Waals surface area contributed by atoms with Crippen LogP contribution < -0.4 is 10.6 Å². The zero-order chi connectivity index (χ0) is 18.1. The van der Waals surface area contributed by atoms with Crippen LogP contribution in [0.25, 0.3) is 0 Å². The Labute approximate surface area is 149 Å². The molecule has 2 aromatic carbocycles. The summed E-state index contributed by atoms with van der Waals surface area (Å²) in [6, 6.07) is 18.3. The van der Waals surface area contributed by atoms with E-state index in [2.05, 4.69) is 24.5 Å². The van der Waals surface area contributed by atoms with Gasteiger partial charge in [0, 0.05) is 12.1 Å². The molecule has 0 aromatic heterocycles. The van der Waals surface area contributed by atoms with Gasteiger partial charge in [0.2, 0.25) is 5.91 Å². The van der Waals surface area contributed by atoms with Crippen molar-refractivity contribution in [3.8, 4) is 0 Å². The fourth-order valence-electron chi connectivity index (χ4n) is 2.53. The van der Waals surface area contributed by atoms with Gasteiger partial charge in [0.1, 0.15) is 0 Å². The van der Waals surface area contributed by atoms with E-state index < -0.39 is 0 Å². The van der Waals surface area contributed by atoms with Crippen LogP contribution in [0.1, 0.15) is 48.7 Å². The standard InChI is InChI=1S/C21H26N2O2/c1-16(2)13-14-22-20(24)15-19(17-9-5-3-6-10-17)23-21(25)18-11-7-4-8-12-18/h3-12,16,19H,13-15H2,1-2H3,(H,22,24)(H,23,25)/t19-/m1/s1. The lowest BCUT2D eigenvalue weighted by atomic mass is 10.0. The maximum atomic E-state index is 12.5. The minimum Gasteiger partial charge on any atom is -0.356 e. The lowest BCUT2D eigenvalue weighted by Crippen LogP contribution is -2.34. The molecule has 0 heterocycles. The minimum absolute atomic E-state index is 0.0529. The Morgan fingerprint density at radius 3 is 2.12 bits per heavy atom. The van der Waals surface area contributed by atoms with Gasteiger partial charge in [0.25, 0.3) is 5.91 Å². The Balaban J connectivity index is 2.03. The molecule has 25 heavy (non-hydrogen) atoms. The average Bonchev–Trinajstić information content (AvgIpc) is 2.62. The van der Waals surface area contributed by atoms with Gasteiger partial charge in [-0.3, -0.25) is 9.59 Å². The summed E-state index contributed by atoms with van der Waals surface area (Å²) in [5, 5.41) is 5.92. The lowest BCUT2D eigenvalue weighted by molar-refractivity contribution is -0.121. The Morgan fingerprint density at radius 2 is 1.52 bits per heavy atom. The molecular weight excluding hydrogens is 312 g/mol. The first-order valence-corrected chi connectivity index (χ1v) is 8.74. The van der Waals surface area contributed by atoms with Crippen molar-refractivity contribution < 1.29 is 9.59 Å². The second kappa shape index (κ2) is 9.62. The molecular formula is C21H26N2O2. The van der Waals surface area contributed by atoms with E-state index in [1.54, 1.807) is 12.1 Å². The molecule has 0 bridgehead atoms. The van der Waals surface area contributed by atoms with Crippen molar-refractivity contribution in [2.24, 2.45) is 5.92 Å². The maximum Gasteiger partial charge on any atom is 0.251 e. The number of hydrogen-bond acceptors (Lipinski definition) is 2. The molecule has 2 N–H and O–H groups in total. The van der Waals surface area contributed by atoms with Gasteiger partial charge in [-0.1, -0.05) is 62.4 Å². The fraction of sp³-hybridized carbons (Fsp3) is 0.333. The second-order valence-corrected chi connectivity index (χ2v) is 6.54. The monoisotopic (exact) mass is 338 g/mol. The van der Waals surface area contributed by atoms with Crippen LogP contribution in [0, 0.1) is 5.92 Å². The van der Waals surface area contributed by atoms with Crippen LogP contribution in [-0.2, 0) is 4.79 Å². The number of carbonyl (C=O) groups is 2. The van der Waals surface area contributed by atoms with Crippen molar-refractivity contribution in [1.82, 2.24) is 10.6 Å². The van der Waals surface area contributed by atoms with Gasteiger partial charge >= 0.3 is 0 Å². The van der Waals surface area contributed by atoms with Gasteiger partial charge in [-0.05, 0) is 30.0 Å². The van der Waals surface area contributed by atoms with E-state index in [-0.39, 0.29) is 24.3 Å². The summed E-state index contributed by atoms with van der Waals surface area (Å²) in [4.78, 5) is 24.7. The van der Waals surface area contributed by atoms with Gasteiger partial charge in [-0.25, -0.2) is 0 Å². The topological polar surface area (TPSA) is 58.2 Å². The van der Waals surface area contributed by atoms with Crippen LogP contribution in [0.4, 0.5) is 0 Å². The molecule has 0 fully saturated rings. The van der Waals surface area contributed by atoms with Gasteiger partial charge in [-0.2, -0.15) is 0 Å². The Bertz CT molecular complexity index is 669. The zero-order valence-corrected chi connectivity index (χ0v) is 14.9. The predicted octanol–water partition coefficient (Wildman–Crippen LogP) is 3.71. The van der Waals surface area contributed by atoms with Crippen molar-refractivity contribution in [2.45, 2.75) is 32.7 Å². The van der Waals surface area contributed by atoms with Gasteiger partial charge in [0.15, 0.2) is 0 Å². The second-order valence-electron chi connectivity index (χ2n) is 6.54. The molecule has 0 spiro atoms. The Kier molecular flexibility index (Phi) is 7.20. The van der Waals surface area contributed by atoms with Crippen molar-refractivity contribution in [2.75, 3.05) is 6.54 Å². The van der Waals surface area contributed by atoms with E-state index >= 15 is 0 Å². The summed E-state index contributed by atoms with van der Waals surface area (Å²) in [5.74, 6) is 0.315. The molecule has 2 rings (SSSR count). The number of benzene rings is 2. The van der Waals surface area contributed by atoms with Crippen LogP contribution in [0.2, 0.25) is 0 Å². The van der Waals surface area contributed by atoms with Gasteiger partial charge in [0.05, 0.1) is 12.5 Å². The smallest absolute Gasteiger partial charge is 0.251 e. The highest BCUT2D eigenvalue weighted by molar-refractivity contribution is 5.94. The number of amides is 2. The Morgan fingerprint density at radius 1 is 0.920 bits per heavy atom. The van der Waals surface area contributed by atoms with Crippen LogP contribution in [0.15, 0.2) is 60.7 Å². The van der Waals surface area contributed by atoms with Gasteiger partial charge in [-0.15, -0.1) is 0 Å². The number of carbonyl (C=O) groups excluding carboxylic acids is 2. The normalized spacial score (nSPS) is 11.8. The Hall–Kier alpha value is -2.62. The van der Waals surface area contributed by atoms with Gasteiger partial charge < -0.3 is 10.6 Å². The van der Waals surface area contributed by atoms with E-state index in [9.17, 15) is 9.59 Å². The van der Waals surface area contributed by atoms with Crippen molar-refractivity contribution in [3.05, 3.63) is 71.8 Å². The van der Waals surface area contributed by atoms with Crippen molar-refractivity contribution in [1.29, 1.82) is 0 Å². The summed E-state index contributed by atoms with van der Waals surface area (Å²) in [6.07, 6.45) is 1.17. The van der Waals surface area contributed by atoms with E-state index in [0.717, 1.165) is 12.0 Å². The van der Waals surface area contributed by atoms with E-state index in [4.69, 9.17) is 0 Å². The first-order chi connectivity index (χ1) is 12.1. The third kappa shape index (κ3) is 6.42. The molecule has 0 aliphatic rings. The highest BCUT2D eigenvalue weighted by Gasteiger charge is 2.19. The summed E-state index contributed by atoms with van der Waals surface area (Å²) in [6.45, 7) is 4.91.